The van der Waals surface area contributed by atoms with Crippen LogP contribution < -0.4 is 15.4 Å². The molecule has 112 valence electrons. The maximum absolute atomic E-state index is 5.26. The van der Waals surface area contributed by atoms with Crippen molar-refractivity contribution < 1.29 is 4.74 Å². The third kappa shape index (κ3) is 4.07. The van der Waals surface area contributed by atoms with Crippen molar-refractivity contribution in [3.63, 3.8) is 0 Å². The molecule has 0 aliphatic rings. The van der Waals surface area contributed by atoms with Gasteiger partial charge in [-0.15, -0.1) is 0 Å². The van der Waals surface area contributed by atoms with Crippen LogP contribution in [0.15, 0.2) is 28.9 Å². The minimum absolute atomic E-state index is 0.618. The van der Waals surface area contributed by atoms with Crippen molar-refractivity contribution in [1.82, 2.24) is 9.97 Å². The van der Waals surface area contributed by atoms with E-state index in [9.17, 15) is 0 Å². The summed E-state index contributed by atoms with van der Waals surface area (Å²) in [5.41, 5.74) is 2.02. The molecule has 0 radical (unpaired) electrons. The molecule has 0 bridgehead atoms. The Labute approximate surface area is 133 Å². The van der Waals surface area contributed by atoms with E-state index in [0.29, 0.717) is 5.95 Å². The van der Waals surface area contributed by atoms with Gasteiger partial charge < -0.3 is 15.4 Å². The molecular formula is C15H19BrN4O. The molecule has 0 fully saturated rings. The second-order valence-corrected chi connectivity index (χ2v) is 5.48. The van der Waals surface area contributed by atoms with Crippen LogP contribution in [0.25, 0.3) is 0 Å². The normalized spacial score (nSPS) is 10.3. The number of rotatable bonds is 6. The molecule has 0 spiro atoms. The average molecular weight is 351 g/mol. The molecule has 0 amide bonds. The van der Waals surface area contributed by atoms with Gasteiger partial charge in [0.15, 0.2) is 0 Å². The quantitative estimate of drug-likeness (QED) is 0.820. The number of aromatic nitrogens is 2. The first kappa shape index (κ1) is 15.6. The lowest BCUT2D eigenvalue weighted by Crippen LogP contribution is -2.06. The first-order valence-corrected chi connectivity index (χ1v) is 7.61. The lowest BCUT2D eigenvalue weighted by atomic mass is 10.2. The molecule has 2 N–H and O–H groups in total. The fourth-order valence-electron chi connectivity index (χ4n) is 1.87. The third-order valence-electron chi connectivity index (χ3n) is 2.93. The summed E-state index contributed by atoms with van der Waals surface area (Å²) in [5.74, 6) is 2.22. The standard InChI is InChI=1S/C15H19BrN4O/c1-4-7-17-15-18-9-12(16)14(20-15)19-11-5-6-13(21-3)10(2)8-11/h5-6,8-9H,4,7H2,1-3H3,(H2,17,18,19,20). The van der Waals surface area contributed by atoms with Gasteiger partial charge >= 0.3 is 0 Å². The summed E-state index contributed by atoms with van der Waals surface area (Å²) in [5, 5.41) is 6.46. The number of aryl methyl sites for hydroxylation is 1. The summed E-state index contributed by atoms with van der Waals surface area (Å²) in [4.78, 5) is 8.70. The van der Waals surface area contributed by atoms with Gasteiger partial charge in [0.05, 0.1) is 11.6 Å². The van der Waals surface area contributed by atoms with Crippen LogP contribution in [-0.4, -0.2) is 23.6 Å². The molecule has 5 nitrogen and oxygen atoms in total. The molecule has 1 heterocycles. The van der Waals surface area contributed by atoms with Gasteiger partial charge in [-0.3, -0.25) is 0 Å². The molecule has 0 saturated carbocycles. The molecule has 6 heteroatoms. The number of hydrogen-bond donors (Lipinski definition) is 2. The van der Waals surface area contributed by atoms with E-state index < -0.39 is 0 Å². The van der Waals surface area contributed by atoms with Crippen LogP contribution in [0, 0.1) is 6.92 Å². The Morgan fingerprint density at radius 1 is 1.33 bits per heavy atom. The summed E-state index contributed by atoms with van der Waals surface area (Å²) in [7, 11) is 1.67. The van der Waals surface area contributed by atoms with Gasteiger partial charge in [0.2, 0.25) is 5.95 Å². The largest absolute Gasteiger partial charge is 0.496 e. The Kier molecular flexibility index (Phi) is 5.38. The van der Waals surface area contributed by atoms with E-state index in [1.807, 2.05) is 25.1 Å². The SMILES string of the molecule is CCCNc1ncc(Br)c(Nc2ccc(OC)c(C)c2)n1. The number of anilines is 3. The minimum atomic E-state index is 0.618. The third-order valence-corrected chi connectivity index (χ3v) is 3.52. The van der Waals surface area contributed by atoms with Crippen LogP contribution in [0.5, 0.6) is 5.75 Å². The van der Waals surface area contributed by atoms with E-state index in [1.165, 1.54) is 0 Å². The second-order valence-electron chi connectivity index (χ2n) is 4.63. The molecule has 0 aliphatic heterocycles. The van der Waals surface area contributed by atoms with E-state index in [0.717, 1.165) is 40.3 Å². The van der Waals surface area contributed by atoms with Crippen LogP contribution in [0.4, 0.5) is 17.5 Å². The summed E-state index contributed by atoms with van der Waals surface area (Å²) in [6.07, 6.45) is 2.77. The minimum Gasteiger partial charge on any atom is -0.496 e. The fourth-order valence-corrected chi connectivity index (χ4v) is 2.16. The van der Waals surface area contributed by atoms with Crippen molar-refractivity contribution in [3.05, 3.63) is 34.4 Å². The number of ether oxygens (including phenoxy) is 1. The predicted octanol–water partition coefficient (Wildman–Crippen LogP) is 4.12. The highest BCUT2D eigenvalue weighted by atomic mass is 79.9. The highest BCUT2D eigenvalue weighted by Crippen LogP contribution is 2.27. The molecule has 1 aromatic heterocycles. The monoisotopic (exact) mass is 350 g/mol. The summed E-state index contributed by atoms with van der Waals surface area (Å²) in [6.45, 7) is 4.96. The smallest absolute Gasteiger partial charge is 0.224 e. The molecule has 0 unspecified atom stereocenters. The number of benzene rings is 1. The van der Waals surface area contributed by atoms with Gasteiger partial charge in [-0.05, 0) is 53.0 Å². The van der Waals surface area contributed by atoms with Crippen LogP contribution in [0.1, 0.15) is 18.9 Å². The van der Waals surface area contributed by atoms with E-state index >= 15 is 0 Å². The van der Waals surface area contributed by atoms with E-state index in [2.05, 4.69) is 43.5 Å². The maximum Gasteiger partial charge on any atom is 0.224 e. The molecule has 21 heavy (non-hydrogen) atoms. The predicted molar refractivity (Wildman–Crippen MR) is 89.5 cm³/mol. The van der Waals surface area contributed by atoms with Gasteiger partial charge in [-0.25, -0.2) is 4.98 Å². The number of nitrogens with one attached hydrogen (secondary N) is 2. The van der Waals surface area contributed by atoms with E-state index in [1.54, 1.807) is 13.3 Å². The van der Waals surface area contributed by atoms with Crippen molar-refractivity contribution in [2.45, 2.75) is 20.3 Å². The van der Waals surface area contributed by atoms with E-state index in [4.69, 9.17) is 4.74 Å². The first-order chi connectivity index (χ1) is 10.1. The van der Waals surface area contributed by atoms with Gasteiger partial charge in [0.1, 0.15) is 11.6 Å². The lowest BCUT2D eigenvalue weighted by Gasteiger charge is -2.11. The highest BCUT2D eigenvalue weighted by molar-refractivity contribution is 9.10. The molecule has 0 saturated heterocycles. The number of hydrogen-bond acceptors (Lipinski definition) is 5. The van der Waals surface area contributed by atoms with E-state index in [-0.39, 0.29) is 0 Å². The van der Waals surface area contributed by atoms with Crippen molar-refractivity contribution in [1.29, 1.82) is 0 Å². The number of nitrogens with zero attached hydrogens (tertiary/aromatic N) is 2. The van der Waals surface area contributed by atoms with Crippen molar-refractivity contribution in [2.75, 3.05) is 24.3 Å². The summed E-state index contributed by atoms with van der Waals surface area (Å²) < 4.78 is 6.08. The fraction of sp³-hybridized carbons (Fsp3) is 0.333. The molecule has 1 aromatic carbocycles. The second kappa shape index (κ2) is 7.26. The zero-order valence-corrected chi connectivity index (χ0v) is 14.0. The molecule has 0 atom stereocenters. The van der Waals surface area contributed by atoms with Gasteiger partial charge in [-0.1, -0.05) is 6.92 Å². The van der Waals surface area contributed by atoms with Gasteiger partial charge in [-0.2, -0.15) is 4.98 Å². The van der Waals surface area contributed by atoms with Gasteiger partial charge in [0, 0.05) is 18.4 Å². The molecule has 0 aliphatic carbocycles. The van der Waals surface area contributed by atoms with Crippen molar-refractivity contribution in [3.8, 4) is 5.75 Å². The van der Waals surface area contributed by atoms with Crippen LogP contribution >= 0.6 is 15.9 Å². The van der Waals surface area contributed by atoms with Crippen LogP contribution in [0.2, 0.25) is 0 Å². The lowest BCUT2D eigenvalue weighted by molar-refractivity contribution is 0.412. The summed E-state index contributed by atoms with van der Waals surface area (Å²) >= 11 is 3.46. The topological polar surface area (TPSA) is 59.1 Å². The first-order valence-electron chi connectivity index (χ1n) is 6.82. The average Bonchev–Trinajstić information content (AvgIpc) is 2.48. The molecular weight excluding hydrogens is 332 g/mol. The molecule has 2 aromatic rings. The summed E-state index contributed by atoms with van der Waals surface area (Å²) in [6, 6.07) is 5.91. The number of methoxy groups -OCH3 is 1. The maximum atomic E-state index is 5.26. The molecule has 2 rings (SSSR count). The highest BCUT2D eigenvalue weighted by Gasteiger charge is 2.06. The number of halogens is 1. The van der Waals surface area contributed by atoms with Crippen LogP contribution in [0.3, 0.4) is 0 Å². The van der Waals surface area contributed by atoms with Crippen molar-refractivity contribution >= 4 is 33.4 Å². The van der Waals surface area contributed by atoms with Crippen LogP contribution in [-0.2, 0) is 0 Å². The van der Waals surface area contributed by atoms with Crippen molar-refractivity contribution in [2.24, 2.45) is 0 Å². The zero-order chi connectivity index (χ0) is 15.2. The Hall–Kier alpha value is -1.82. The Morgan fingerprint density at radius 2 is 2.14 bits per heavy atom. The zero-order valence-electron chi connectivity index (χ0n) is 12.4. The Morgan fingerprint density at radius 3 is 2.81 bits per heavy atom. The Balaban J connectivity index is 2.20. The Bertz CT molecular complexity index is 619. The van der Waals surface area contributed by atoms with Gasteiger partial charge in [0.25, 0.3) is 0 Å².